The lowest BCUT2D eigenvalue weighted by Gasteiger charge is -2.18. The highest BCUT2D eigenvalue weighted by Gasteiger charge is 2.09. The van der Waals surface area contributed by atoms with Crippen LogP contribution in [0.5, 0.6) is 0 Å². The second kappa shape index (κ2) is 7.48. The quantitative estimate of drug-likeness (QED) is 0.874. The van der Waals surface area contributed by atoms with Crippen LogP contribution >= 0.6 is 15.9 Å². The Morgan fingerprint density at radius 1 is 1.39 bits per heavy atom. The van der Waals surface area contributed by atoms with Gasteiger partial charge in [0.1, 0.15) is 5.82 Å². The Balaban J connectivity index is 2.44. The Bertz CT molecular complexity index is 408. The third kappa shape index (κ3) is 4.38. The Kier molecular flexibility index (Phi) is 6.29. The zero-order valence-corrected chi connectivity index (χ0v) is 12.3. The number of benzene rings is 1. The first-order chi connectivity index (χ1) is 8.58. The smallest absolute Gasteiger partial charge is 0.236 e. The van der Waals surface area contributed by atoms with E-state index in [4.69, 9.17) is 0 Å². The fraction of sp³-hybridized carbons (Fsp3) is 0.462. The standard InChI is InChI=1S/C13H18BrFN2O/c1-3-17(4-2)13(18)9-16-8-10-5-6-11(14)7-12(10)15/h5-7,16H,3-4,8-9H2,1-2H3. The molecule has 0 spiro atoms. The minimum Gasteiger partial charge on any atom is -0.342 e. The van der Waals surface area contributed by atoms with Gasteiger partial charge in [-0.1, -0.05) is 22.0 Å². The molecule has 100 valence electrons. The zero-order valence-electron chi connectivity index (χ0n) is 10.7. The lowest BCUT2D eigenvalue weighted by molar-refractivity contribution is -0.129. The molecule has 0 unspecified atom stereocenters. The summed E-state index contributed by atoms with van der Waals surface area (Å²) in [5.41, 5.74) is 0.561. The molecule has 5 heteroatoms. The van der Waals surface area contributed by atoms with E-state index < -0.39 is 0 Å². The molecule has 1 amide bonds. The highest BCUT2D eigenvalue weighted by atomic mass is 79.9. The largest absolute Gasteiger partial charge is 0.342 e. The van der Waals surface area contributed by atoms with Crippen LogP contribution in [-0.4, -0.2) is 30.4 Å². The van der Waals surface area contributed by atoms with Gasteiger partial charge in [-0.05, 0) is 26.0 Å². The predicted octanol–water partition coefficient (Wildman–Crippen LogP) is 2.55. The lowest BCUT2D eigenvalue weighted by atomic mass is 10.2. The van der Waals surface area contributed by atoms with Crippen molar-refractivity contribution in [3.63, 3.8) is 0 Å². The summed E-state index contributed by atoms with van der Waals surface area (Å²) in [5, 5.41) is 2.96. The molecule has 0 heterocycles. The van der Waals surface area contributed by atoms with E-state index in [1.54, 1.807) is 17.0 Å². The zero-order chi connectivity index (χ0) is 13.5. The van der Waals surface area contributed by atoms with Gasteiger partial charge in [0.25, 0.3) is 0 Å². The summed E-state index contributed by atoms with van der Waals surface area (Å²) in [6.45, 7) is 5.86. The number of hydrogen-bond donors (Lipinski definition) is 1. The summed E-state index contributed by atoms with van der Waals surface area (Å²) in [6, 6.07) is 4.91. The summed E-state index contributed by atoms with van der Waals surface area (Å²) in [7, 11) is 0. The molecule has 18 heavy (non-hydrogen) atoms. The van der Waals surface area contributed by atoms with Crippen LogP contribution in [0.25, 0.3) is 0 Å². The molecule has 1 aromatic rings. The summed E-state index contributed by atoms with van der Waals surface area (Å²) >= 11 is 3.20. The van der Waals surface area contributed by atoms with Crippen molar-refractivity contribution in [3.05, 3.63) is 34.1 Å². The topological polar surface area (TPSA) is 32.3 Å². The number of carbonyl (C=O) groups is 1. The van der Waals surface area contributed by atoms with Crippen LogP contribution in [0.15, 0.2) is 22.7 Å². The lowest BCUT2D eigenvalue weighted by Crippen LogP contribution is -2.37. The van der Waals surface area contributed by atoms with Gasteiger partial charge in [0.05, 0.1) is 6.54 Å². The van der Waals surface area contributed by atoms with Gasteiger partial charge < -0.3 is 10.2 Å². The Hall–Kier alpha value is -0.940. The number of halogens is 2. The van der Waals surface area contributed by atoms with E-state index in [9.17, 15) is 9.18 Å². The van der Waals surface area contributed by atoms with E-state index in [0.29, 0.717) is 29.7 Å². The number of hydrogen-bond acceptors (Lipinski definition) is 2. The van der Waals surface area contributed by atoms with Gasteiger partial charge in [-0.2, -0.15) is 0 Å². The van der Waals surface area contributed by atoms with Gasteiger partial charge in [0, 0.05) is 29.7 Å². The van der Waals surface area contributed by atoms with E-state index in [1.165, 1.54) is 6.07 Å². The number of rotatable bonds is 6. The van der Waals surface area contributed by atoms with E-state index in [-0.39, 0.29) is 18.3 Å². The highest BCUT2D eigenvalue weighted by Crippen LogP contribution is 2.14. The molecule has 0 aliphatic heterocycles. The van der Waals surface area contributed by atoms with Gasteiger partial charge in [0.15, 0.2) is 0 Å². The van der Waals surface area contributed by atoms with E-state index in [1.807, 2.05) is 13.8 Å². The molecule has 0 aliphatic carbocycles. The molecule has 0 bridgehead atoms. The molecule has 0 aromatic heterocycles. The number of carbonyl (C=O) groups excluding carboxylic acids is 1. The van der Waals surface area contributed by atoms with Crippen LogP contribution in [0.1, 0.15) is 19.4 Å². The molecular formula is C13H18BrFN2O. The average molecular weight is 317 g/mol. The molecule has 0 fully saturated rings. The van der Waals surface area contributed by atoms with E-state index in [2.05, 4.69) is 21.2 Å². The minimum absolute atomic E-state index is 0.0394. The molecular weight excluding hydrogens is 299 g/mol. The van der Waals surface area contributed by atoms with E-state index >= 15 is 0 Å². The first kappa shape index (κ1) is 15.1. The molecule has 1 N–H and O–H groups in total. The molecule has 0 aliphatic rings. The Labute approximate surface area is 115 Å². The third-order valence-corrected chi connectivity index (χ3v) is 3.22. The summed E-state index contributed by atoms with van der Waals surface area (Å²) in [4.78, 5) is 13.4. The van der Waals surface area contributed by atoms with Crippen molar-refractivity contribution in [2.75, 3.05) is 19.6 Å². The predicted molar refractivity (Wildman–Crippen MR) is 73.7 cm³/mol. The maximum absolute atomic E-state index is 13.5. The van der Waals surface area contributed by atoms with Gasteiger partial charge in [-0.25, -0.2) is 4.39 Å². The normalized spacial score (nSPS) is 10.4. The number of likely N-dealkylation sites (N-methyl/N-ethyl adjacent to an activating group) is 1. The van der Waals surface area contributed by atoms with E-state index in [0.717, 1.165) is 0 Å². The molecule has 0 saturated heterocycles. The van der Waals surface area contributed by atoms with Gasteiger partial charge in [-0.3, -0.25) is 4.79 Å². The maximum atomic E-state index is 13.5. The molecule has 0 radical (unpaired) electrons. The van der Waals surface area contributed by atoms with Gasteiger partial charge in [0.2, 0.25) is 5.91 Å². The molecule has 0 atom stereocenters. The highest BCUT2D eigenvalue weighted by molar-refractivity contribution is 9.10. The van der Waals surface area contributed by atoms with Crippen LogP contribution in [0.2, 0.25) is 0 Å². The van der Waals surface area contributed by atoms with Crippen LogP contribution in [0, 0.1) is 5.82 Å². The van der Waals surface area contributed by atoms with Crippen LogP contribution in [0.4, 0.5) is 4.39 Å². The second-order valence-electron chi connectivity index (χ2n) is 3.91. The minimum atomic E-state index is -0.271. The first-order valence-electron chi connectivity index (χ1n) is 6.00. The van der Waals surface area contributed by atoms with Crippen LogP contribution in [0.3, 0.4) is 0 Å². The second-order valence-corrected chi connectivity index (χ2v) is 4.82. The average Bonchev–Trinajstić information content (AvgIpc) is 2.33. The van der Waals surface area contributed by atoms with Crippen molar-refractivity contribution in [1.82, 2.24) is 10.2 Å². The van der Waals surface area contributed by atoms with Crippen LogP contribution in [-0.2, 0) is 11.3 Å². The van der Waals surface area contributed by atoms with Crippen molar-refractivity contribution in [1.29, 1.82) is 0 Å². The Morgan fingerprint density at radius 2 is 2.06 bits per heavy atom. The molecule has 1 rings (SSSR count). The summed E-state index contributed by atoms with van der Waals surface area (Å²) in [5.74, 6) is -0.232. The first-order valence-corrected chi connectivity index (χ1v) is 6.80. The molecule has 3 nitrogen and oxygen atoms in total. The van der Waals surface area contributed by atoms with Gasteiger partial charge >= 0.3 is 0 Å². The number of amides is 1. The molecule has 0 saturated carbocycles. The fourth-order valence-electron chi connectivity index (χ4n) is 1.66. The number of nitrogens with zero attached hydrogens (tertiary/aromatic N) is 1. The molecule has 1 aromatic carbocycles. The Morgan fingerprint density at radius 3 is 2.61 bits per heavy atom. The van der Waals surface area contributed by atoms with Crippen molar-refractivity contribution in [2.45, 2.75) is 20.4 Å². The fourth-order valence-corrected chi connectivity index (χ4v) is 1.99. The third-order valence-electron chi connectivity index (χ3n) is 2.72. The van der Waals surface area contributed by atoms with Crippen molar-refractivity contribution >= 4 is 21.8 Å². The van der Waals surface area contributed by atoms with Crippen molar-refractivity contribution < 1.29 is 9.18 Å². The maximum Gasteiger partial charge on any atom is 0.236 e. The summed E-state index contributed by atoms with van der Waals surface area (Å²) < 4.78 is 14.2. The van der Waals surface area contributed by atoms with Crippen LogP contribution < -0.4 is 5.32 Å². The van der Waals surface area contributed by atoms with Crippen molar-refractivity contribution in [2.24, 2.45) is 0 Å². The monoisotopic (exact) mass is 316 g/mol. The van der Waals surface area contributed by atoms with Crippen molar-refractivity contribution in [3.8, 4) is 0 Å². The summed E-state index contributed by atoms with van der Waals surface area (Å²) in [6.07, 6.45) is 0. The number of nitrogens with one attached hydrogen (secondary N) is 1. The SMILES string of the molecule is CCN(CC)C(=O)CNCc1ccc(Br)cc1F. The van der Waals surface area contributed by atoms with Gasteiger partial charge in [-0.15, -0.1) is 0 Å².